The highest BCUT2D eigenvalue weighted by molar-refractivity contribution is 6.52. The zero-order valence-corrected chi connectivity index (χ0v) is 20.6. The Kier molecular flexibility index (Phi) is 7.13. The largest absolute Gasteiger partial charge is 0.496 e. The van der Waals surface area contributed by atoms with Gasteiger partial charge in [-0.1, -0.05) is 28.5 Å². The van der Waals surface area contributed by atoms with Crippen LogP contribution in [0.15, 0.2) is 24.3 Å². The first kappa shape index (κ1) is 26.2. The third-order valence-electron chi connectivity index (χ3n) is 7.12. The normalized spacial score (nSPS) is 20.4. The molecule has 0 aliphatic carbocycles. The SMILES string of the molecule is [B]c1cc(C([B])Oc2cccc3c2CN(C2CCC(=O)NC2=O)C3=O)c([B])c([B])c1CN1CCOCC1=O. The van der Waals surface area contributed by atoms with Gasteiger partial charge in [0.2, 0.25) is 17.7 Å². The lowest BCUT2D eigenvalue weighted by atomic mass is 9.68. The van der Waals surface area contributed by atoms with Gasteiger partial charge in [-0.05, 0) is 29.7 Å². The van der Waals surface area contributed by atoms with Crippen molar-refractivity contribution in [2.75, 3.05) is 19.8 Å². The number of nitrogens with zero attached hydrogens (tertiary/aromatic N) is 2. The molecule has 3 aliphatic heterocycles. The van der Waals surface area contributed by atoms with Crippen molar-refractivity contribution < 1.29 is 28.7 Å². The Balaban J connectivity index is 1.37. The molecular weight excluding hydrogens is 482 g/mol. The number of nitrogens with one attached hydrogen (secondary N) is 1. The lowest BCUT2D eigenvalue weighted by molar-refractivity contribution is -0.143. The molecule has 13 heteroatoms. The van der Waals surface area contributed by atoms with Gasteiger partial charge in [0.05, 0.1) is 19.2 Å². The van der Waals surface area contributed by atoms with Gasteiger partial charge in [-0.2, -0.15) is 0 Å². The molecule has 38 heavy (non-hydrogen) atoms. The van der Waals surface area contributed by atoms with Gasteiger partial charge in [0.1, 0.15) is 49.8 Å². The molecule has 184 valence electrons. The van der Waals surface area contributed by atoms with E-state index in [4.69, 9.17) is 40.9 Å². The van der Waals surface area contributed by atoms with Crippen LogP contribution in [0.25, 0.3) is 0 Å². The molecule has 8 radical (unpaired) electrons. The van der Waals surface area contributed by atoms with Crippen LogP contribution in [0, 0.1) is 0 Å². The number of benzene rings is 2. The topological polar surface area (TPSA) is 105 Å². The molecule has 4 amide bonds. The number of ether oxygens (including phenoxy) is 2. The second kappa shape index (κ2) is 10.4. The molecule has 2 saturated heterocycles. The van der Waals surface area contributed by atoms with Gasteiger partial charge in [0.25, 0.3) is 5.91 Å². The first-order valence-electron chi connectivity index (χ1n) is 12.2. The molecule has 3 aliphatic rings. The van der Waals surface area contributed by atoms with Gasteiger partial charge >= 0.3 is 0 Å². The number of fused-ring (bicyclic) bond motifs is 1. The Morgan fingerprint density at radius 1 is 1.13 bits per heavy atom. The van der Waals surface area contributed by atoms with E-state index in [9.17, 15) is 19.2 Å². The summed E-state index contributed by atoms with van der Waals surface area (Å²) in [6, 6.07) is 4.71. The maximum absolute atomic E-state index is 13.1. The first-order chi connectivity index (χ1) is 18.2. The number of piperidine rings is 1. The smallest absolute Gasteiger partial charge is 0.255 e. The third-order valence-corrected chi connectivity index (χ3v) is 7.12. The molecule has 0 spiro atoms. The van der Waals surface area contributed by atoms with Crippen molar-refractivity contribution in [1.82, 2.24) is 15.1 Å². The number of carbonyl (C=O) groups excluding carboxylic acids is 4. The highest BCUT2D eigenvalue weighted by Crippen LogP contribution is 2.35. The number of morpholine rings is 1. The van der Waals surface area contributed by atoms with Crippen LogP contribution in [0.3, 0.4) is 0 Å². The fourth-order valence-corrected chi connectivity index (χ4v) is 4.99. The van der Waals surface area contributed by atoms with Crippen LogP contribution in [0.1, 0.15) is 45.9 Å². The van der Waals surface area contributed by atoms with Gasteiger partial charge in [0, 0.05) is 30.6 Å². The molecule has 2 fully saturated rings. The number of hydrogen-bond donors (Lipinski definition) is 1. The molecule has 0 aromatic heterocycles. The zero-order chi connectivity index (χ0) is 27.1. The minimum atomic E-state index is -1.08. The van der Waals surface area contributed by atoms with E-state index in [1.54, 1.807) is 29.2 Å². The number of rotatable bonds is 6. The summed E-state index contributed by atoms with van der Waals surface area (Å²) in [7, 11) is 25.3. The monoisotopic (exact) mass is 503 g/mol. The number of carbonyl (C=O) groups is 4. The maximum Gasteiger partial charge on any atom is 0.255 e. The Hall–Kier alpha value is -3.46. The van der Waals surface area contributed by atoms with Crippen molar-refractivity contribution in [3.8, 4) is 5.75 Å². The predicted octanol–water partition coefficient (Wildman–Crippen LogP) is -2.57. The summed E-state index contributed by atoms with van der Waals surface area (Å²) in [5.41, 5.74) is 2.51. The van der Waals surface area contributed by atoms with Crippen molar-refractivity contribution in [2.45, 2.75) is 38.0 Å². The average Bonchev–Trinajstić information content (AvgIpc) is 3.22. The number of imide groups is 1. The fraction of sp³-hybridized carbons (Fsp3) is 0.360. The summed E-state index contributed by atoms with van der Waals surface area (Å²) in [4.78, 5) is 52.1. The third kappa shape index (κ3) is 4.75. The van der Waals surface area contributed by atoms with Crippen LogP contribution in [0.2, 0.25) is 0 Å². The minimum Gasteiger partial charge on any atom is -0.496 e. The van der Waals surface area contributed by atoms with Gasteiger partial charge in [-0.15, -0.1) is 0 Å². The molecule has 1 N–H and O–H groups in total. The molecular formula is C25H21B4N3O6. The van der Waals surface area contributed by atoms with Gasteiger partial charge in [-0.25, -0.2) is 0 Å². The van der Waals surface area contributed by atoms with Gasteiger partial charge in [0.15, 0.2) is 0 Å². The lowest BCUT2D eigenvalue weighted by Gasteiger charge is -2.30. The molecule has 9 nitrogen and oxygen atoms in total. The van der Waals surface area contributed by atoms with Crippen LogP contribution >= 0.6 is 0 Å². The molecule has 2 atom stereocenters. The van der Waals surface area contributed by atoms with E-state index < -0.39 is 18.0 Å². The van der Waals surface area contributed by atoms with E-state index in [1.807, 2.05) is 0 Å². The minimum absolute atomic E-state index is 0.00301. The molecule has 2 unspecified atom stereocenters. The highest BCUT2D eigenvalue weighted by atomic mass is 16.5. The van der Waals surface area contributed by atoms with E-state index in [2.05, 4.69) is 5.32 Å². The summed E-state index contributed by atoms with van der Waals surface area (Å²) in [5, 5.41) is 2.28. The van der Waals surface area contributed by atoms with Crippen LogP contribution in [0.4, 0.5) is 0 Å². The van der Waals surface area contributed by atoms with Crippen molar-refractivity contribution in [1.29, 1.82) is 0 Å². The molecule has 0 bridgehead atoms. The van der Waals surface area contributed by atoms with Crippen LogP contribution in [-0.4, -0.2) is 90.6 Å². The molecule has 2 aromatic rings. The van der Waals surface area contributed by atoms with Crippen LogP contribution in [0.5, 0.6) is 5.75 Å². The molecule has 2 aromatic carbocycles. The summed E-state index contributed by atoms with van der Waals surface area (Å²) < 4.78 is 11.2. The van der Waals surface area contributed by atoms with Crippen molar-refractivity contribution in [3.05, 3.63) is 46.5 Å². The second-order valence-corrected chi connectivity index (χ2v) is 9.45. The summed E-state index contributed by atoms with van der Waals surface area (Å²) in [6.07, 6.45) is 0.403. The Morgan fingerprint density at radius 2 is 1.92 bits per heavy atom. The Labute approximate surface area is 225 Å². The van der Waals surface area contributed by atoms with Crippen LogP contribution < -0.4 is 26.4 Å². The van der Waals surface area contributed by atoms with Gasteiger partial charge < -0.3 is 19.3 Å². The maximum atomic E-state index is 13.1. The Bertz CT molecular complexity index is 1350. The quantitative estimate of drug-likeness (QED) is 0.344. The van der Waals surface area contributed by atoms with Crippen molar-refractivity contribution >= 4 is 71.4 Å². The first-order valence-corrected chi connectivity index (χ1v) is 12.2. The lowest BCUT2D eigenvalue weighted by Crippen LogP contribution is -2.52. The van der Waals surface area contributed by atoms with Gasteiger partial charge in [-0.3, -0.25) is 24.5 Å². The summed E-state index contributed by atoms with van der Waals surface area (Å²) in [5.74, 6) is -1.01. The average molecular weight is 503 g/mol. The Morgan fingerprint density at radius 3 is 2.66 bits per heavy atom. The van der Waals surface area contributed by atoms with Crippen molar-refractivity contribution in [2.24, 2.45) is 0 Å². The highest BCUT2D eigenvalue weighted by Gasteiger charge is 2.40. The number of hydrogen-bond acceptors (Lipinski definition) is 6. The predicted molar refractivity (Wildman–Crippen MR) is 140 cm³/mol. The molecule has 0 saturated carbocycles. The van der Waals surface area contributed by atoms with E-state index in [-0.39, 0.29) is 61.2 Å². The van der Waals surface area contributed by atoms with E-state index in [0.717, 1.165) is 0 Å². The summed E-state index contributed by atoms with van der Waals surface area (Å²) in [6.45, 7) is 1.13. The second-order valence-electron chi connectivity index (χ2n) is 9.45. The molecule has 3 heterocycles. The summed E-state index contributed by atoms with van der Waals surface area (Å²) >= 11 is 0. The van der Waals surface area contributed by atoms with Crippen molar-refractivity contribution in [3.63, 3.8) is 0 Å². The zero-order valence-electron chi connectivity index (χ0n) is 20.6. The van der Waals surface area contributed by atoms with E-state index >= 15 is 0 Å². The van der Waals surface area contributed by atoms with Crippen LogP contribution in [-0.2, 0) is 32.2 Å². The van der Waals surface area contributed by atoms with E-state index in [1.165, 1.54) is 4.90 Å². The number of amides is 4. The standard InChI is InChI=1S/C25H21B4N3O6/c26-16-8-13(21(27)22(28)15(16)9-31-6-7-37-11-20(31)34)23(29)38-18-3-1-2-12-14(18)10-32(25(12)36)17-4-5-19(33)30-24(17)35/h1-3,8,17,23H,4-7,9-11H2,(H,30,33,35). The fourth-order valence-electron chi connectivity index (χ4n) is 4.99. The van der Waals surface area contributed by atoms with E-state index in [0.29, 0.717) is 46.6 Å². The molecule has 5 rings (SSSR count).